The van der Waals surface area contributed by atoms with Crippen molar-refractivity contribution in [2.45, 2.75) is 65.2 Å². The molecule has 0 amide bonds. The minimum Gasteiger partial charge on any atom is -0.465 e. The van der Waals surface area contributed by atoms with Gasteiger partial charge in [-0.15, -0.1) is 0 Å². The Hall–Kier alpha value is -2.62. The van der Waals surface area contributed by atoms with E-state index in [2.05, 4.69) is 24.1 Å². The lowest BCUT2D eigenvalue weighted by Crippen LogP contribution is -1.88. The van der Waals surface area contributed by atoms with Crippen molar-refractivity contribution in [3.63, 3.8) is 0 Å². The van der Waals surface area contributed by atoms with Crippen LogP contribution in [0, 0.1) is 0 Å². The predicted molar refractivity (Wildman–Crippen MR) is 119 cm³/mol. The number of unbranched alkanes of at least 4 members (excludes halogenated alkanes) is 4. The van der Waals surface area contributed by atoms with Crippen LogP contribution < -0.4 is 0 Å². The van der Waals surface area contributed by atoms with E-state index >= 15 is 0 Å². The number of hydrogen-bond donors (Lipinski definition) is 0. The van der Waals surface area contributed by atoms with Gasteiger partial charge in [0.25, 0.3) is 0 Å². The summed E-state index contributed by atoms with van der Waals surface area (Å²) in [7, 11) is 0. The van der Waals surface area contributed by atoms with Crippen molar-refractivity contribution in [1.82, 2.24) is 0 Å². The molecule has 0 bridgehead atoms. The van der Waals surface area contributed by atoms with Gasteiger partial charge in [0.15, 0.2) is 0 Å². The summed E-state index contributed by atoms with van der Waals surface area (Å²) in [5.74, 6) is 1.69. The highest BCUT2D eigenvalue weighted by Crippen LogP contribution is 2.14. The molecular formula is C24H32N2O2. The molecule has 2 aromatic rings. The van der Waals surface area contributed by atoms with Gasteiger partial charge in [-0.1, -0.05) is 39.5 Å². The number of rotatable bonds is 13. The van der Waals surface area contributed by atoms with Gasteiger partial charge in [-0.2, -0.15) is 10.2 Å². The molecule has 2 rings (SSSR count). The molecular weight excluding hydrogens is 348 g/mol. The van der Waals surface area contributed by atoms with Crippen molar-refractivity contribution in [1.29, 1.82) is 0 Å². The van der Waals surface area contributed by atoms with Crippen LogP contribution in [-0.4, -0.2) is 12.4 Å². The Morgan fingerprint density at radius 1 is 0.750 bits per heavy atom. The normalized spacial score (nSPS) is 13.2. The van der Waals surface area contributed by atoms with Crippen LogP contribution >= 0.6 is 0 Å². The van der Waals surface area contributed by atoms with E-state index in [0.717, 1.165) is 48.3 Å². The minimum absolute atomic E-state index is 0.847. The summed E-state index contributed by atoms with van der Waals surface area (Å²) in [4.78, 5) is 0. The highest BCUT2D eigenvalue weighted by Gasteiger charge is 1.99. The van der Waals surface area contributed by atoms with E-state index in [0.29, 0.717) is 0 Å². The molecule has 0 saturated heterocycles. The van der Waals surface area contributed by atoms with E-state index in [1.165, 1.54) is 25.7 Å². The van der Waals surface area contributed by atoms with Crippen LogP contribution in [0.5, 0.6) is 0 Å². The molecule has 0 aliphatic carbocycles. The summed E-state index contributed by atoms with van der Waals surface area (Å²) in [5.41, 5.74) is 2.26. The Bertz CT molecular complexity index is 684. The number of nitrogens with zero attached hydrogens (tertiary/aromatic N) is 2. The molecule has 0 aliphatic rings. The van der Waals surface area contributed by atoms with Gasteiger partial charge in [0.1, 0.15) is 11.5 Å². The fraction of sp³-hybridized carbons (Fsp3) is 0.417. The topological polar surface area (TPSA) is 51.0 Å². The first-order chi connectivity index (χ1) is 13.8. The second-order valence-electron chi connectivity index (χ2n) is 6.87. The van der Waals surface area contributed by atoms with Crippen molar-refractivity contribution in [3.8, 4) is 0 Å². The zero-order chi connectivity index (χ0) is 19.9. The van der Waals surface area contributed by atoms with E-state index in [9.17, 15) is 0 Å². The van der Waals surface area contributed by atoms with Crippen molar-refractivity contribution >= 4 is 24.6 Å². The lowest BCUT2D eigenvalue weighted by Gasteiger charge is -2.01. The van der Waals surface area contributed by atoms with Crippen LogP contribution in [0.2, 0.25) is 0 Å². The molecule has 4 heteroatoms. The molecule has 28 heavy (non-hydrogen) atoms. The quantitative estimate of drug-likeness (QED) is 0.204. The highest BCUT2D eigenvalue weighted by atomic mass is 16.3. The monoisotopic (exact) mass is 380 g/mol. The van der Waals surface area contributed by atoms with Gasteiger partial charge < -0.3 is 8.83 Å². The van der Waals surface area contributed by atoms with Crippen LogP contribution in [0.15, 0.2) is 67.0 Å². The first-order valence-corrected chi connectivity index (χ1v) is 10.4. The van der Waals surface area contributed by atoms with Crippen molar-refractivity contribution in [3.05, 3.63) is 59.5 Å². The van der Waals surface area contributed by atoms with Gasteiger partial charge in [-0.25, -0.2) is 0 Å². The number of allylic oxidation sites excluding steroid dienone is 2. The summed E-state index contributed by atoms with van der Waals surface area (Å²) >= 11 is 0. The lowest BCUT2D eigenvalue weighted by molar-refractivity contribution is 0.556. The van der Waals surface area contributed by atoms with Gasteiger partial charge in [0, 0.05) is 0 Å². The molecule has 150 valence electrons. The maximum atomic E-state index is 5.43. The van der Waals surface area contributed by atoms with Gasteiger partial charge in [-0.3, -0.25) is 0 Å². The standard InChI is InChI=1S/C24H32N2O2/c1-3-5-7-11-21(17-23-13-9-15-27-23)19-25-26-20-22(12-8-6-4-2)18-24-14-10-16-28-24/h9-10,13-20H,3-8,11-12H2,1-2H3/b21-17-,22-18+,25-19+,26-20+. The second-order valence-corrected chi connectivity index (χ2v) is 6.87. The molecule has 0 aliphatic heterocycles. The maximum absolute atomic E-state index is 5.43. The second kappa shape index (κ2) is 13.5. The van der Waals surface area contributed by atoms with Crippen molar-refractivity contribution in [2.75, 3.05) is 0 Å². The minimum atomic E-state index is 0.847. The van der Waals surface area contributed by atoms with Crippen LogP contribution in [0.3, 0.4) is 0 Å². The Kier molecular flexibility index (Phi) is 10.5. The summed E-state index contributed by atoms with van der Waals surface area (Å²) in [6.45, 7) is 4.42. The smallest absolute Gasteiger partial charge is 0.126 e. The molecule has 0 saturated carbocycles. The van der Waals surface area contributed by atoms with Gasteiger partial charge >= 0.3 is 0 Å². The maximum Gasteiger partial charge on any atom is 0.126 e. The van der Waals surface area contributed by atoms with Crippen molar-refractivity contribution < 1.29 is 8.83 Å². The third-order valence-corrected chi connectivity index (χ3v) is 4.39. The molecule has 0 radical (unpaired) electrons. The van der Waals surface area contributed by atoms with E-state index in [1.807, 2.05) is 48.8 Å². The Morgan fingerprint density at radius 3 is 1.57 bits per heavy atom. The average Bonchev–Trinajstić information content (AvgIpc) is 3.39. The molecule has 2 aromatic heterocycles. The van der Waals surface area contributed by atoms with Gasteiger partial charge in [0.2, 0.25) is 0 Å². The zero-order valence-electron chi connectivity index (χ0n) is 17.1. The molecule has 2 heterocycles. The van der Waals surface area contributed by atoms with E-state index < -0.39 is 0 Å². The molecule has 0 unspecified atom stereocenters. The highest BCUT2D eigenvalue weighted by molar-refractivity contribution is 5.87. The van der Waals surface area contributed by atoms with Crippen LogP contribution in [0.25, 0.3) is 12.2 Å². The van der Waals surface area contributed by atoms with E-state index in [4.69, 9.17) is 8.83 Å². The summed E-state index contributed by atoms with van der Waals surface area (Å²) in [6, 6.07) is 7.70. The molecule has 0 fully saturated rings. The Labute approximate surface area is 168 Å². The van der Waals surface area contributed by atoms with Crippen LogP contribution in [0.1, 0.15) is 76.7 Å². The Balaban J connectivity index is 2.03. The van der Waals surface area contributed by atoms with Crippen LogP contribution in [0.4, 0.5) is 0 Å². The Morgan fingerprint density at radius 2 is 1.21 bits per heavy atom. The number of furan rings is 2. The fourth-order valence-electron chi connectivity index (χ4n) is 2.83. The van der Waals surface area contributed by atoms with E-state index in [-0.39, 0.29) is 0 Å². The fourth-order valence-corrected chi connectivity index (χ4v) is 2.83. The molecule has 0 N–H and O–H groups in total. The summed E-state index contributed by atoms with van der Waals surface area (Å²) in [5, 5.41) is 8.58. The number of hydrogen-bond acceptors (Lipinski definition) is 4. The predicted octanol–water partition coefficient (Wildman–Crippen LogP) is 7.56. The first-order valence-electron chi connectivity index (χ1n) is 10.4. The van der Waals surface area contributed by atoms with Gasteiger partial charge in [-0.05, 0) is 73.2 Å². The molecule has 0 spiro atoms. The summed E-state index contributed by atoms with van der Waals surface area (Å²) < 4.78 is 10.9. The van der Waals surface area contributed by atoms with E-state index in [1.54, 1.807) is 12.5 Å². The molecule has 0 atom stereocenters. The zero-order valence-corrected chi connectivity index (χ0v) is 17.1. The van der Waals surface area contributed by atoms with Crippen molar-refractivity contribution in [2.24, 2.45) is 10.2 Å². The van der Waals surface area contributed by atoms with Gasteiger partial charge in [0.05, 0.1) is 25.0 Å². The SMILES string of the molecule is CCCCCC(=C/c1ccco1)/C=N/N=C/C(=C/c1ccco1)CCCCC. The molecule has 4 nitrogen and oxygen atoms in total. The third-order valence-electron chi connectivity index (χ3n) is 4.39. The summed E-state index contributed by atoms with van der Waals surface area (Å²) in [6.07, 6.45) is 20.2. The van der Waals surface area contributed by atoms with Crippen LogP contribution in [-0.2, 0) is 0 Å². The largest absolute Gasteiger partial charge is 0.465 e. The lowest BCUT2D eigenvalue weighted by atomic mass is 10.1. The third kappa shape index (κ3) is 8.85. The first kappa shape index (κ1) is 21.7. The average molecular weight is 381 g/mol. The molecule has 0 aromatic carbocycles.